The number of aryl methyl sites for hydroxylation is 3. The van der Waals surface area contributed by atoms with Crippen molar-refractivity contribution in [3.05, 3.63) is 57.7 Å². The first-order valence-corrected chi connectivity index (χ1v) is 12.2. The van der Waals surface area contributed by atoms with E-state index in [0.29, 0.717) is 5.76 Å². The van der Waals surface area contributed by atoms with Gasteiger partial charge >= 0.3 is 0 Å². The highest BCUT2D eigenvalue weighted by Crippen LogP contribution is 2.31. The second kappa shape index (κ2) is 9.12. The van der Waals surface area contributed by atoms with Crippen LogP contribution in [-0.4, -0.2) is 35.5 Å². The maximum atomic E-state index is 13.1. The smallest absolute Gasteiger partial charge is 0.289 e. The number of benzene rings is 1. The number of hydrogen-bond donors (Lipinski definition) is 1. The van der Waals surface area contributed by atoms with Gasteiger partial charge in [-0.15, -0.1) is 0 Å². The molecule has 0 bridgehead atoms. The van der Waals surface area contributed by atoms with Crippen LogP contribution in [0.25, 0.3) is 11.0 Å². The number of nitrogens with one attached hydrogen (secondary N) is 1. The van der Waals surface area contributed by atoms with Gasteiger partial charge in [0.15, 0.2) is 5.76 Å². The van der Waals surface area contributed by atoms with Gasteiger partial charge in [0.2, 0.25) is 5.91 Å². The van der Waals surface area contributed by atoms with Gasteiger partial charge in [0.05, 0.1) is 18.4 Å². The summed E-state index contributed by atoms with van der Waals surface area (Å²) in [4.78, 5) is 27.7. The maximum absolute atomic E-state index is 13.1. The van der Waals surface area contributed by atoms with Gasteiger partial charge in [0.1, 0.15) is 11.3 Å². The van der Waals surface area contributed by atoms with Gasteiger partial charge in [-0.2, -0.15) is 5.10 Å². The van der Waals surface area contributed by atoms with Crippen LogP contribution in [0.4, 0.5) is 0 Å². The van der Waals surface area contributed by atoms with Crippen molar-refractivity contribution in [3.63, 3.8) is 0 Å². The highest BCUT2D eigenvalue weighted by atomic mass is 16.4. The standard InChI is InChI=1S/C27H31N3O4/c1-16-10-11-20-19(15-33-25(20)17(16)2)14-23(31)29-28-21-8-7-9-22-24(21)18(3)26(34-22)27(32)30-12-5-4-6-13-30/h10-11,15H,4-9,12-14H2,1-3H3,(H,29,31)/b28-21+. The molecular weight excluding hydrogens is 430 g/mol. The molecule has 178 valence electrons. The van der Waals surface area contributed by atoms with Crippen molar-refractivity contribution >= 4 is 28.5 Å². The van der Waals surface area contributed by atoms with Crippen LogP contribution in [0.5, 0.6) is 0 Å². The van der Waals surface area contributed by atoms with E-state index in [1.54, 1.807) is 6.26 Å². The van der Waals surface area contributed by atoms with E-state index in [0.717, 1.165) is 95.5 Å². The summed E-state index contributed by atoms with van der Waals surface area (Å²) in [5.74, 6) is 0.978. The van der Waals surface area contributed by atoms with Crippen LogP contribution in [0.3, 0.4) is 0 Å². The zero-order valence-corrected chi connectivity index (χ0v) is 20.1. The van der Waals surface area contributed by atoms with Crippen molar-refractivity contribution in [1.29, 1.82) is 0 Å². The Morgan fingerprint density at radius 2 is 1.82 bits per heavy atom. The number of fused-ring (bicyclic) bond motifs is 2. The van der Waals surface area contributed by atoms with E-state index in [2.05, 4.69) is 10.5 Å². The summed E-state index contributed by atoms with van der Waals surface area (Å²) in [5, 5.41) is 5.42. The van der Waals surface area contributed by atoms with Crippen molar-refractivity contribution in [1.82, 2.24) is 10.3 Å². The average molecular weight is 462 g/mol. The van der Waals surface area contributed by atoms with Crippen molar-refractivity contribution in [2.24, 2.45) is 5.10 Å². The summed E-state index contributed by atoms with van der Waals surface area (Å²) in [6.07, 6.45) is 7.46. The van der Waals surface area contributed by atoms with E-state index in [4.69, 9.17) is 8.83 Å². The Morgan fingerprint density at radius 1 is 1.03 bits per heavy atom. The van der Waals surface area contributed by atoms with E-state index in [1.165, 1.54) is 6.42 Å². The molecule has 7 heteroatoms. The summed E-state index contributed by atoms with van der Waals surface area (Å²) in [5.41, 5.74) is 9.11. The number of hydrazone groups is 1. The van der Waals surface area contributed by atoms with Crippen LogP contribution < -0.4 is 5.43 Å². The van der Waals surface area contributed by atoms with Crippen LogP contribution in [-0.2, 0) is 17.6 Å². The van der Waals surface area contributed by atoms with Crippen molar-refractivity contribution in [2.75, 3.05) is 13.1 Å². The zero-order valence-electron chi connectivity index (χ0n) is 20.1. The van der Waals surface area contributed by atoms with Crippen LogP contribution in [0.1, 0.15) is 76.2 Å². The molecule has 0 spiro atoms. The summed E-state index contributed by atoms with van der Waals surface area (Å²) in [6, 6.07) is 4.04. The minimum Gasteiger partial charge on any atom is -0.464 e. The topological polar surface area (TPSA) is 88.0 Å². The molecule has 1 N–H and O–H groups in total. The predicted octanol–water partition coefficient (Wildman–Crippen LogP) is 4.98. The summed E-state index contributed by atoms with van der Waals surface area (Å²) in [6.45, 7) is 7.55. The van der Waals surface area contributed by atoms with Crippen LogP contribution in [0.15, 0.2) is 32.3 Å². The second-order valence-corrected chi connectivity index (χ2v) is 9.48. The first-order chi connectivity index (χ1) is 16.4. The van der Waals surface area contributed by atoms with E-state index in [1.807, 2.05) is 37.8 Å². The van der Waals surface area contributed by atoms with Gasteiger partial charge in [-0.3, -0.25) is 9.59 Å². The van der Waals surface area contributed by atoms with Gasteiger partial charge < -0.3 is 13.7 Å². The molecule has 1 saturated heterocycles. The lowest BCUT2D eigenvalue weighted by atomic mass is 9.93. The molecule has 0 atom stereocenters. The number of carbonyl (C=O) groups excluding carboxylic acids is 2. The Morgan fingerprint density at radius 3 is 2.62 bits per heavy atom. The fourth-order valence-corrected chi connectivity index (χ4v) is 5.09. The third-order valence-electron chi connectivity index (χ3n) is 7.17. The molecule has 5 rings (SSSR count). The second-order valence-electron chi connectivity index (χ2n) is 9.48. The molecule has 2 amide bonds. The number of hydrogen-bond acceptors (Lipinski definition) is 5. The molecule has 1 aliphatic carbocycles. The Balaban J connectivity index is 1.34. The molecule has 3 heterocycles. The average Bonchev–Trinajstić information content (AvgIpc) is 3.41. The fourth-order valence-electron chi connectivity index (χ4n) is 5.09. The number of furan rings is 2. The predicted molar refractivity (Wildman–Crippen MR) is 130 cm³/mol. The molecule has 2 aliphatic rings. The molecule has 0 unspecified atom stereocenters. The number of nitrogens with zero attached hydrogens (tertiary/aromatic N) is 2. The first kappa shape index (κ1) is 22.4. The number of rotatable bonds is 4. The molecule has 1 aromatic carbocycles. The minimum absolute atomic E-state index is 0.0349. The normalized spacial score (nSPS) is 17.3. The molecule has 34 heavy (non-hydrogen) atoms. The van der Waals surface area contributed by atoms with Gasteiger partial charge in [-0.05, 0) is 64.0 Å². The van der Waals surface area contributed by atoms with Gasteiger partial charge in [0, 0.05) is 41.6 Å². The number of likely N-dealkylation sites (tertiary alicyclic amines) is 1. The van der Waals surface area contributed by atoms with Crippen molar-refractivity contribution in [3.8, 4) is 0 Å². The summed E-state index contributed by atoms with van der Waals surface area (Å²) in [7, 11) is 0. The van der Waals surface area contributed by atoms with Crippen molar-refractivity contribution in [2.45, 2.75) is 65.7 Å². The maximum Gasteiger partial charge on any atom is 0.289 e. The van der Waals surface area contributed by atoms with E-state index < -0.39 is 0 Å². The lowest BCUT2D eigenvalue weighted by molar-refractivity contribution is -0.120. The molecule has 1 aliphatic heterocycles. The number of carbonyl (C=O) groups is 2. The van der Waals surface area contributed by atoms with E-state index in [9.17, 15) is 9.59 Å². The third kappa shape index (κ3) is 4.04. The van der Waals surface area contributed by atoms with E-state index >= 15 is 0 Å². The van der Waals surface area contributed by atoms with Crippen LogP contribution in [0, 0.1) is 20.8 Å². The number of amides is 2. The lowest BCUT2D eigenvalue weighted by Crippen LogP contribution is -2.35. The van der Waals surface area contributed by atoms with Gasteiger partial charge in [-0.1, -0.05) is 12.1 Å². The Bertz CT molecular complexity index is 1290. The Kier molecular flexibility index (Phi) is 6.02. The minimum atomic E-state index is -0.202. The Hall–Kier alpha value is -3.35. The highest BCUT2D eigenvalue weighted by Gasteiger charge is 2.30. The first-order valence-electron chi connectivity index (χ1n) is 12.2. The number of piperidine rings is 1. The molecule has 2 aromatic heterocycles. The van der Waals surface area contributed by atoms with E-state index in [-0.39, 0.29) is 18.2 Å². The molecule has 1 fully saturated rings. The quantitative estimate of drug-likeness (QED) is 0.555. The zero-order chi connectivity index (χ0) is 23.8. The molecule has 7 nitrogen and oxygen atoms in total. The largest absolute Gasteiger partial charge is 0.464 e. The molecule has 0 radical (unpaired) electrons. The highest BCUT2D eigenvalue weighted by molar-refractivity contribution is 6.06. The monoisotopic (exact) mass is 461 g/mol. The Labute approximate surface area is 199 Å². The fraction of sp³-hybridized carbons (Fsp3) is 0.444. The van der Waals surface area contributed by atoms with Crippen LogP contribution in [0.2, 0.25) is 0 Å². The van der Waals surface area contributed by atoms with Gasteiger partial charge in [0.25, 0.3) is 5.91 Å². The summed E-state index contributed by atoms with van der Waals surface area (Å²) < 4.78 is 11.8. The van der Waals surface area contributed by atoms with Crippen molar-refractivity contribution < 1.29 is 18.4 Å². The SMILES string of the molecule is Cc1ccc2c(CC(=O)N/N=C3\CCCc4oc(C(=O)N5CCCCC5)c(C)c43)coc2c1C. The van der Waals surface area contributed by atoms with Gasteiger partial charge in [-0.25, -0.2) is 5.43 Å². The third-order valence-corrected chi connectivity index (χ3v) is 7.17. The summed E-state index contributed by atoms with van der Waals surface area (Å²) >= 11 is 0. The lowest BCUT2D eigenvalue weighted by Gasteiger charge is -2.25. The van der Waals surface area contributed by atoms with Crippen LogP contribution >= 0.6 is 0 Å². The molecular formula is C27H31N3O4. The molecule has 0 saturated carbocycles. The molecule has 3 aromatic rings.